The van der Waals surface area contributed by atoms with Gasteiger partial charge in [-0.3, -0.25) is 0 Å². The number of ether oxygens (including phenoxy) is 3. The lowest BCUT2D eigenvalue weighted by Gasteiger charge is -2.37. The predicted molar refractivity (Wildman–Crippen MR) is 61.7 cm³/mol. The van der Waals surface area contributed by atoms with Crippen molar-refractivity contribution in [2.75, 3.05) is 13.2 Å². The Morgan fingerprint density at radius 2 is 1.94 bits per heavy atom. The summed E-state index contributed by atoms with van der Waals surface area (Å²) in [5, 5.41) is 10.1. The zero-order valence-corrected chi connectivity index (χ0v) is 10.0. The van der Waals surface area contributed by atoms with Gasteiger partial charge in [0.1, 0.15) is 18.8 Å². The van der Waals surface area contributed by atoms with E-state index in [2.05, 4.69) is 0 Å². The summed E-state index contributed by atoms with van der Waals surface area (Å²) in [6, 6.07) is 3.68. The van der Waals surface area contributed by atoms with Crippen molar-refractivity contribution >= 4 is 0 Å². The van der Waals surface area contributed by atoms with Crippen LogP contribution in [0.5, 0.6) is 17.2 Å². The van der Waals surface area contributed by atoms with Crippen LogP contribution in [0.1, 0.15) is 31.9 Å². The smallest absolute Gasteiger partial charge is 0.204 e. The number of aliphatic hydroxyl groups excluding tert-OH is 1. The van der Waals surface area contributed by atoms with E-state index in [9.17, 15) is 5.11 Å². The van der Waals surface area contributed by atoms with Crippen LogP contribution in [0.3, 0.4) is 0 Å². The van der Waals surface area contributed by atoms with E-state index in [1.807, 2.05) is 26.0 Å². The van der Waals surface area contributed by atoms with Crippen molar-refractivity contribution in [1.82, 2.24) is 0 Å². The first-order valence-electron chi connectivity index (χ1n) is 5.86. The van der Waals surface area contributed by atoms with Gasteiger partial charge in [0.2, 0.25) is 5.75 Å². The van der Waals surface area contributed by atoms with Crippen LogP contribution in [-0.2, 0) is 0 Å². The highest BCUT2D eigenvalue weighted by atomic mass is 16.6. The molecule has 0 radical (unpaired) electrons. The van der Waals surface area contributed by atoms with Gasteiger partial charge in [-0.25, -0.2) is 0 Å². The minimum atomic E-state index is -0.510. The molecule has 1 unspecified atom stereocenters. The standard InChI is InChI=1S/C13H16O4/c1-13(2)7-9(14)8-3-4-10-12(11(8)17-13)16-6-5-15-10/h3-4,9,14H,5-7H2,1-2H3. The third-order valence-corrected chi connectivity index (χ3v) is 3.12. The van der Waals surface area contributed by atoms with Gasteiger partial charge in [-0.2, -0.15) is 0 Å². The molecule has 4 heteroatoms. The van der Waals surface area contributed by atoms with Crippen molar-refractivity contribution in [1.29, 1.82) is 0 Å². The third kappa shape index (κ3) is 1.72. The average molecular weight is 236 g/mol. The first-order chi connectivity index (χ1) is 8.07. The minimum Gasteiger partial charge on any atom is -0.486 e. The van der Waals surface area contributed by atoms with Crippen molar-refractivity contribution in [2.45, 2.75) is 32.0 Å². The second kappa shape index (κ2) is 3.53. The fourth-order valence-electron chi connectivity index (χ4n) is 2.37. The molecule has 1 aromatic carbocycles. The third-order valence-electron chi connectivity index (χ3n) is 3.12. The van der Waals surface area contributed by atoms with E-state index in [-0.39, 0.29) is 5.60 Å². The quantitative estimate of drug-likeness (QED) is 0.749. The molecule has 2 aliphatic heterocycles. The van der Waals surface area contributed by atoms with Gasteiger partial charge >= 0.3 is 0 Å². The second-order valence-corrected chi connectivity index (χ2v) is 5.09. The SMILES string of the molecule is CC1(C)CC(O)c2ccc3c(c2O1)OCCO3. The number of hydrogen-bond donors (Lipinski definition) is 1. The van der Waals surface area contributed by atoms with Crippen LogP contribution in [0.25, 0.3) is 0 Å². The van der Waals surface area contributed by atoms with Crippen molar-refractivity contribution < 1.29 is 19.3 Å². The zero-order valence-electron chi connectivity index (χ0n) is 10.0. The number of fused-ring (bicyclic) bond motifs is 3. The predicted octanol–water partition coefficient (Wildman–Crippen LogP) is 2.05. The molecule has 17 heavy (non-hydrogen) atoms. The first kappa shape index (κ1) is 10.7. The summed E-state index contributed by atoms with van der Waals surface area (Å²) in [6.07, 6.45) is 0.0733. The fraction of sp³-hybridized carbons (Fsp3) is 0.538. The van der Waals surface area contributed by atoms with Crippen LogP contribution >= 0.6 is 0 Å². The Morgan fingerprint density at radius 3 is 2.76 bits per heavy atom. The molecule has 0 amide bonds. The van der Waals surface area contributed by atoms with Gasteiger partial charge < -0.3 is 19.3 Å². The lowest BCUT2D eigenvalue weighted by molar-refractivity contribution is 0.00667. The lowest BCUT2D eigenvalue weighted by Crippen LogP contribution is -2.35. The summed E-state index contributed by atoms with van der Waals surface area (Å²) in [5.41, 5.74) is 0.399. The second-order valence-electron chi connectivity index (χ2n) is 5.09. The fourth-order valence-corrected chi connectivity index (χ4v) is 2.37. The van der Waals surface area contributed by atoms with Crippen LogP contribution in [0, 0.1) is 0 Å². The molecule has 0 saturated heterocycles. The summed E-state index contributed by atoms with van der Waals surface area (Å²) < 4.78 is 17.0. The van der Waals surface area contributed by atoms with Crippen molar-refractivity contribution in [3.05, 3.63) is 17.7 Å². The highest BCUT2D eigenvalue weighted by Gasteiger charge is 2.36. The van der Waals surface area contributed by atoms with E-state index in [1.165, 1.54) is 0 Å². The maximum absolute atomic E-state index is 10.1. The van der Waals surface area contributed by atoms with E-state index in [0.717, 1.165) is 5.56 Å². The molecule has 92 valence electrons. The summed E-state index contributed by atoms with van der Waals surface area (Å²) in [6.45, 7) is 4.99. The Kier molecular flexibility index (Phi) is 2.23. The summed E-state index contributed by atoms with van der Waals surface area (Å²) in [4.78, 5) is 0. The van der Waals surface area contributed by atoms with E-state index in [0.29, 0.717) is 36.9 Å². The lowest BCUT2D eigenvalue weighted by atomic mass is 9.91. The van der Waals surface area contributed by atoms with Crippen LogP contribution < -0.4 is 14.2 Å². The van der Waals surface area contributed by atoms with Crippen molar-refractivity contribution in [3.63, 3.8) is 0 Å². The molecule has 1 atom stereocenters. The first-order valence-corrected chi connectivity index (χ1v) is 5.86. The molecule has 4 nitrogen and oxygen atoms in total. The molecule has 1 N–H and O–H groups in total. The van der Waals surface area contributed by atoms with Crippen LogP contribution in [-0.4, -0.2) is 23.9 Å². The van der Waals surface area contributed by atoms with E-state index < -0.39 is 6.10 Å². The molecule has 2 aliphatic rings. The van der Waals surface area contributed by atoms with Gasteiger partial charge in [0.25, 0.3) is 0 Å². The molecule has 0 aliphatic carbocycles. The molecular weight excluding hydrogens is 220 g/mol. The summed E-state index contributed by atoms with van der Waals surface area (Å²) >= 11 is 0. The Labute approximate surface area is 100 Å². The number of hydrogen-bond acceptors (Lipinski definition) is 4. The Bertz CT molecular complexity index is 453. The normalized spacial score (nSPS) is 24.8. The van der Waals surface area contributed by atoms with E-state index in [1.54, 1.807) is 0 Å². The number of aliphatic hydroxyl groups is 1. The van der Waals surface area contributed by atoms with Gasteiger partial charge in [0, 0.05) is 12.0 Å². The Morgan fingerprint density at radius 1 is 1.18 bits per heavy atom. The summed E-state index contributed by atoms with van der Waals surface area (Å²) in [5.74, 6) is 1.95. The van der Waals surface area contributed by atoms with Crippen molar-refractivity contribution in [3.8, 4) is 17.2 Å². The zero-order chi connectivity index (χ0) is 12.0. The largest absolute Gasteiger partial charge is 0.486 e. The monoisotopic (exact) mass is 236 g/mol. The maximum atomic E-state index is 10.1. The topological polar surface area (TPSA) is 47.9 Å². The summed E-state index contributed by atoms with van der Waals surface area (Å²) in [7, 11) is 0. The molecule has 3 rings (SSSR count). The minimum absolute atomic E-state index is 0.387. The van der Waals surface area contributed by atoms with E-state index >= 15 is 0 Å². The highest BCUT2D eigenvalue weighted by molar-refractivity contribution is 5.58. The van der Waals surface area contributed by atoms with Gasteiger partial charge in [0.15, 0.2) is 11.5 Å². The molecule has 1 aromatic rings. The van der Waals surface area contributed by atoms with Gasteiger partial charge in [-0.05, 0) is 26.0 Å². The molecule has 0 aromatic heterocycles. The average Bonchev–Trinajstić information content (AvgIpc) is 2.27. The molecule has 2 heterocycles. The van der Waals surface area contributed by atoms with Gasteiger partial charge in [0.05, 0.1) is 6.10 Å². The van der Waals surface area contributed by atoms with Crippen LogP contribution in [0.4, 0.5) is 0 Å². The molecule has 0 saturated carbocycles. The molecule has 0 fully saturated rings. The Balaban J connectivity index is 2.13. The van der Waals surface area contributed by atoms with Crippen LogP contribution in [0.15, 0.2) is 12.1 Å². The van der Waals surface area contributed by atoms with Gasteiger partial charge in [-0.15, -0.1) is 0 Å². The Hall–Kier alpha value is -1.42. The van der Waals surface area contributed by atoms with E-state index in [4.69, 9.17) is 14.2 Å². The van der Waals surface area contributed by atoms with Gasteiger partial charge in [-0.1, -0.05) is 0 Å². The number of benzene rings is 1. The number of rotatable bonds is 0. The molecular formula is C13H16O4. The van der Waals surface area contributed by atoms with Crippen molar-refractivity contribution in [2.24, 2.45) is 0 Å². The highest BCUT2D eigenvalue weighted by Crippen LogP contribution is 2.49. The van der Waals surface area contributed by atoms with Crippen LogP contribution in [0.2, 0.25) is 0 Å². The maximum Gasteiger partial charge on any atom is 0.204 e. The molecule has 0 spiro atoms. The molecule has 0 bridgehead atoms.